The summed E-state index contributed by atoms with van der Waals surface area (Å²) in [4.78, 5) is 25.6. The van der Waals surface area contributed by atoms with E-state index in [1.165, 1.54) is 0 Å². The van der Waals surface area contributed by atoms with E-state index >= 15 is 0 Å². The van der Waals surface area contributed by atoms with Crippen LogP contribution in [0.5, 0.6) is 0 Å². The highest BCUT2D eigenvalue weighted by molar-refractivity contribution is 8.00. The van der Waals surface area contributed by atoms with Crippen molar-refractivity contribution < 1.29 is 19.4 Å². The minimum Gasteiger partial charge on any atom is -0.480 e. The van der Waals surface area contributed by atoms with E-state index in [1.54, 1.807) is 16.7 Å². The summed E-state index contributed by atoms with van der Waals surface area (Å²) >= 11 is 1.60. The molecule has 6 nitrogen and oxygen atoms in total. The number of nitrogens with zero attached hydrogens (tertiary/aromatic N) is 1. The van der Waals surface area contributed by atoms with Gasteiger partial charge in [0, 0.05) is 12.4 Å². The molecule has 0 aromatic carbocycles. The summed E-state index contributed by atoms with van der Waals surface area (Å²) in [6, 6.07) is -0.967. The Bertz CT molecular complexity index is 435. The summed E-state index contributed by atoms with van der Waals surface area (Å²) < 4.78 is 5.45. The molecule has 3 fully saturated rings. The fraction of sp³-hybridized carbons (Fsp3) is 0.857. The summed E-state index contributed by atoms with van der Waals surface area (Å²) in [6.45, 7) is 3.19. The van der Waals surface area contributed by atoms with Crippen LogP contribution >= 0.6 is 11.8 Å². The molecule has 0 aromatic heterocycles. The number of rotatable bonds is 3. The van der Waals surface area contributed by atoms with Gasteiger partial charge in [-0.1, -0.05) is 0 Å². The zero-order chi connectivity index (χ0) is 15.0. The van der Waals surface area contributed by atoms with E-state index in [0.29, 0.717) is 18.3 Å². The molecule has 0 bridgehead atoms. The van der Waals surface area contributed by atoms with E-state index in [1.807, 2.05) is 6.92 Å². The number of nitrogens with one attached hydrogen (secondary N) is 1. The van der Waals surface area contributed by atoms with Crippen LogP contribution in [0.15, 0.2) is 0 Å². The predicted molar refractivity (Wildman–Crippen MR) is 79.2 cm³/mol. The third kappa shape index (κ3) is 3.13. The van der Waals surface area contributed by atoms with Gasteiger partial charge in [0.2, 0.25) is 0 Å². The van der Waals surface area contributed by atoms with Gasteiger partial charge in [-0.05, 0) is 38.5 Å². The van der Waals surface area contributed by atoms with Crippen molar-refractivity contribution in [3.05, 3.63) is 0 Å². The molecule has 21 heavy (non-hydrogen) atoms. The Morgan fingerprint density at radius 2 is 2.19 bits per heavy atom. The van der Waals surface area contributed by atoms with Gasteiger partial charge in [-0.3, -0.25) is 4.90 Å². The Morgan fingerprint density at radius 3 is 2.76 bits per heavy atom. The van der Waals surface area contributed by atoms with Crippen LogP contribution < -0.4 is 5.32 Å². The quantitative estimate of drug-likeness (QED) is 0.825. The molecule has 3 aliphatic rings. The third-order valence-electron chi connectivity index (χ3n) is 4.43. The molecule has 3 atom stereocenters. The van der Waals surface area contributed by atoms with Gasteiger partial charge >= 0.3 is 12.0 Å². The molecule has 2 saturated heterocycles. The normalized spacial score (nSPS) is 36.5. The predicted octanol–water partition coefficient (Wildman–Crippen LogP) is 1.50. The second kappa shape index (κ2) is 5.68. The van der Waals surface area contributed by atoms with Crippen LogP contribution in [0.25, 0.3) is 0 Å². The molecule has 1 aliphatic carbocycles. The van der Waals surface area contributed by atoms with Crippen LogP contribution in [0.1, 0.15) is 32.6 Å². The number of hydrogen-bond acceptors (Lipinski definition) is 4. The van der Waals surface area contributed by atoms with Crippen LogP contribution in [-0.4, -0.2) is 57.9 Å². The zero-order valence-electron chi connectivity index (χ0n) is 12.2. The maximum absolute atomic E-state index is 12.7. The number of urea groups is 1. The van der Waals surface area contributed by atoms with Crippen molar-refractivity contribution in [2.24, 2.45) is 5.92 Å². The lowest BCUT2D eigenvalue weighted by Crippen LogP contribution is -2.59. The van der Waals surface area contributed by atoms with Crippen molar-refractivity contribution >= 4 is 23.8 Å². The summed E-state index contributed by atoms with van der Waals surface area (Å²) in [5, 5.41) is 12.4. The average Bonchev–Trinajstić information content (AvgIpc) is 3.17. The Labute approximate surface area is 128 Å². The lowest BCUT2D eigenvalue weighted by atomic mass is 9.95. The number of carboxylic acids is 1. The topological polar surface area (TPSA) is 78.9 Å². The Morgan fingerprint density at radius 1 is 1.43 bits per heavy atom. The Balaban J connectivity index is 1.71. The molecular formula is C14H22N2O4S. The molecule has 3 unspecified atom stereocenters. The molecule has 2 heterocycles. The first kappa shape index (κ1) is 15.0. The Hall–Kier alpha value is -0.950. The number of carbonyl (C=O) groups is 2. The first-order chi connectivity index (χ1) is 10.0. The van der Waals surface area contributed by atoms with E-state index in [0.717, 1.165) is 32.3 Å². The maximum atomic E-state index is 12.7. The Kier molecular flexibility index (Phi) is 4.05. The largest absolute Gasteiger partial charge is 0.480 e. The van der Waals surface area contributed by atoms with Gasteiger partial charge < -0.3 is 15.2 Å². The number of carbonyl (C=O) groups excluding carboxylic acids is 1. The van der Waals surface area contributed by atoms with Crippen molar-refractivity contribution in [2.75, 3.05) is 19.0 Å². The molecule has 1 saturated carbocycles. The van der Waals surface area contributed by atoms with Gasteiger partial charge in [-0.25, -0.2) is 9.59 Å². The second-order valence-corrected chi connectivity index (χ2v) is 7.62. The van der Waals surface area contributed by atoms with Crippen LogP contribution in [-0.2, 0) is 9.53 Å². The van der Waals surface area contributed by atoms with E-state index < -0.39 is 12.0 Å². The van der Waals surface area contributed by atoms with Crippen molar-refractivity contribution in [1.29, 1.82) is 0 Å². The van der Waals surface area contributed by atoms with Gasteiger partial charge in [0.15, 0.2) is 0 Å². The number of thioether (sulfide) groups is 1. The molecule has 2 aliphatic heterocycles. The van der Waals surface area contributed by atoms with Crippen molar-refractivity contribution in [3.8, 4) is 0 Å². The van der Waals surface area contributed by atoms with E-state index in [9.17, 15) is 14.7 Å². The number of hydrogen-bond donors (Lipinski definition) is 2. The number of ether oxygens (including phenoxy) is 1. The first-order valence-corrected chi connectivity index (χ1v) is 8.58. The molecule has 2 amide bonds. The molecule has 7 heteroatoms. The smallest absolute Gasteiger partial charge is 0.327 e. The van der Waals surface area contributed by atoms with E-state index in [2.05, 4.69) is 5.32 Å². The summed E-state index contributed by atoms with van der Waals surface area (Å²) in [5.74, 6) is 0.0308. The molecule has 0 spiro atoms. The van der Waals surface area contributed by atoms with Crippen molar-refractivity contribution in [1.82, 2.24) is 10.2 Å². The second-order valence-electron chi connectivity index (χ2n) is 6.47. The third-order valence-corrected chi connectivity index (χ3v) is 5.89. The monoisotopic (exact) mass is 314 g/mol. The fourth-order valence-corrected chi connectivity index (χ4v) is 4.71. The van der Waals surface area contributed by atoms with Gasteiger partial charge in [-0.2, -0.15) is 0 Å². The standard InChI is InChI=1S/C14H22N2O4S/c1-14(5-2-6-20-8-14)15-13(19)16-10(12(17)18)7-21-11(16)9-3-4-9/h9-11H,2-8H2,1H3,(H,15,19)(H,17,18). The highest BCUT2D eigenvalue weighted by Gasteiger charge is 2.49. The lowest BCUT2D eigenvalue weighted by molar-refractivity contribution is -0.141. The van der Waals surface area contributed by atoms with E-state index in [-0.39, 0.29) is 16.9 Å². The molecule has 118 valence electrons. The highest BCUT2D eigenvalue weighted by Crippen LogP contribution is 2.45. The summed E-state index contributed by atoms with van der Waals surface area (Å²) in [7, 11) is 0. The fourth-order valence-electron chi connectivity index (χ4n) is 3.07. The zero-order valence-corrected chi connectivity index (χ0v) is 13.0. The number of aliphatic carboxylic acids is 1. The summed E-state index contributed by atoms with van der Waals surface area (Å²) in [5.41, 5.74) is -0.389. The van der Waals surface area contributed by atoms with Gasteiger partial charge in [0.1, 0.15) is 6.04 Å². The molecule has 2 N–H and O–H groups in total. The van der Waals surface area contributed by atoms with Gasteiger partial charge in [0.25, 0.3) is 0 Å². The van der Waals surface area contributed by atoms with Crippen LogP contribution in [0.2, 0.25) is 0 Å². The van der Waals surface area contributed by atoms with E-state index in [4.69, 9.17) is 4.74 Å². The molecule has 0 radical (unpaired) electrons. The minimum absolute atomic E-state index is 0.0132. The molecule has 3 rings (SSSR count). The average molecular weight is 314 g/mol. The molecular weight excluding hydrogens is 292 g/mol. The number of amides is 2. The summed E-state index contributed by atoms with van der Waals surface area (Å²) in [6.07, 6.45) is 3.97. The van der Waals surface area contributed by atoms with Crippen LogP contribution in [0, 0.1) is 5.92 Å². The van der Waals surface area contributed by atoms with Crippen LogP contribution in [0.3, 0.4) is 0 Å². The van der Waals surface area contributed by atoms with Gasteiger partial charge in [0.05, 0.1) is 17.5 Å². The van der Waals surface area contributed by atoms with Crippen LogP contribution in [0.4, 0.5) is 4.79 Å². The maximum Gasteiger partial charge on any atom is 0.327 e. The lowest BCUT2D eigenvalue weighted by Gasteiger charge is -2.37. The minimum atomic E-state index is -0.911. The number of carboxylic acid groups (broad SMARTS) is 1. The molecule has 0 aromatic rings. The van der Waals surface area contributed by atoms with Crippen molar-refractivity contribution in [2.45, 2.75) is 49.6 Å². The van der Waals surface area contributed by atoms with Crippen molar-refractivity contribution in [3.63, 3.8) is 0 Å². The SMILES string of the molecule is CC1(NC(=O)N2C(C(=O)O)CSC2C2CC2)CCCOC1. The highest BCUT2D eigenvalue weighted by atomic mass is 32.2. The van der Waals surface area contributed by atoms with Gasteiger partial charge in [-0.15, -0.1) is 11.8 Å². The first-order valence-electron chi connectivity index (χ1n) is 7.53.